The second-order valence-corrected chi connectivity index (χ2v) is 10.2. The lowest BCUT2D eigenvalue weighted by Gasteiger charge is -2.58. The molecule has 4 saturated carbocycles. The van der Waals surface area contributed by atoms with Crippen LogP contribution in [0, 0.1) is 24.2 Å². The second-order valence-electron chi connectivity index (χ2n) is 10.2. The van der Waals surface area contributed by atoms with Crippen molar-refractivity contribution in [1.82, 2.24) is 0 Å². The predicted octanol–water partition coefficient (Wildman–Crippen LogP) is 4.32. The molecule has 4 fully saturated rings. The maximum absolute atomic E-state index is 13.1. The molecule has 0 heterocycles. The van der Waals surface area contributed by atoms with E-state index in [1.165, 1.54) is 0 Å². The summed E-state index contributed by atoms with van der Waals surface area (Å²) in [5.74, 6) is 0.465. The Bertz CT molecular complexity index is 816. The molecule has 4 aliphatic carbocycles. The Labute approximate surface area is 173 Å². The number of rotatable bonds is 5. The average Bonchev–Trinajstić information content (AvgIpc) is 2.60. The Morgan fingerprint density at radius 1 is 1.14 bits per heavy atom. The van der Waals surface area contributed by atoms with E-state index in [1.54, 1.807) is 6.92 Å². The summed E-state index contributed by atoms with van der Waals surface area (Å²) < 4.78 is 5.69. The molecule has 1 aromatic rings. The van der Waals surface area contributed by atoms with Gasteiger partial charge < -0.3 is 15.2 Å². The summed E-state index contributed by atoms with van der Waals surface area (Å²) in [6, 6.07) is 5.97. The topological polar surface area (TPSA) is 75.6 Å². The van der Waals surface area contributed by atoms with Gasteiger partial charge in [0.2, 0.25) is 0 Å². The molecular weight excluding hydrogens is 366 g/mol. The van der Waals surface area contributed by atoms with Gasteiger partial charge in [0, 0.05) is 5.69 Å². The van der Waals surface area contributed by atoms with Crippen LogP contribution in [-0.4, -0.2) is 28.7 Å². The standard InChI is InChI=1S/C24H33NO4/c1-14(2)19-7-5-6-15(3)20(19)25-21(26)16(4)29-22(27)23-9-17-8-18(10-23)12-24(28,11-17)13-23/h5-7,14,16-18,28H,8-13H2,1-4H3,(H,25,26)/t16-,17-,18+,23?,24?/m1/s1. The highest BCUT2D eigenvalue weighted by atomic mass is 16.5. The fourth-order valence-electron chi connectivity index (χ4n) is 6.36. The van der Waals surface area contributed by atoms with Crippen LogP contribution in [0.2, 0.25) is 0 Å². The van der Waals surface area contributed by atoms with Gasteiger partial charge in [0.05, 0.1) is 11.0 Å². The largest absolute Gasteiger partial charge is 0.452 e. The summed E-state index contributed by atoms with van der Waals surface area (Å²) in [4.78, 5) is 26.0. The van der Waals surface area contributed by atoms with Crippen LogP contribution < -0.4 is 5.32 Å². The first-order valence-electron chi connectivity index (χ1n) is 10.9. The van der Waals surface area contributed by atoms with Gasteiger partial charge in [-0.1, -0.05) is 32.0 Å². The van der Waals surface area contributed by atoms with Gasteiger partial charge >= 0.3 is 5.97 Å². The summed E-state index contributed by atoms with van der Waals surface area (Å²) in [6.07, 6.45) is 3.90. The minimum atomic E-state index is -0.871. The van der Waals surface area contributed by atoms with E-state index in [9.17, 15) is 14.7 Å². The maximum Gasteiger partial charge on any atom is 0.312 e. The zero-order valence-corrected chi connectivity index (χ0v) is 18.0. The van der Waals surface area contributed by atoms with E-state index in [1.807, 2.05) is 25.1 Å². The van der Waals surface area contributed by atoms with Gasteiger partial charge in [0.1, 0.15) is 0 Å². The number of carbonyl (C=O) groups excluding carboxylic acids is 2. The highest BCUT2D eigenvalue weighted by Crippen LogP contribution is 2.62. The van der Waals surface area contributed by atoms with Crippen LogP contribution in [0.1, 0.15) is 76.3 Å². The van der Waals surface area contributed by atoms with Crippen LogP contribution >= 0.6 is 0 Å². The SMILES string of the molecule is Cc1cccc(C(C)C)c1NC(=O)[C@@H](C)OC(=O)C12C[C@@H]3C[C@@H](CC(O)(C3)C1)C2. The number of carbonyl (C=O) groups is 2. The van der Waals surface area contributed by atoms with Crippen molar-refractivity contribution in [1.29, 1.82) is 0 Å². The van der Waals surface area contributed by atoms with Crippen LogP contribution in [0.25, 0.3) is 0 Å². The zero-order valence-electron chi connectivity index (χ0n) is 18.0. The Morgan fingerprint density at radius 2 is 1.79 bits per heavy atom. The lowest BCUT2D eigenvalue weighted by Crippen LogP contribution is -2.59. The van der Waals surface area contributed by atoms with Crippen LogP contribution in [0.3, 0.4) is 0 Å². The average molecular weight is 400 g/mol. The summed E-state index contributed by atoms with van der Waals surface area (Å²) >= 11 is 0. The number of esters is 1. The number of hydrogen-bond donors (Lipinski definition) is 2. The van der Waals surface area contributed by atoms with Crippen molar-refractivity contribution in [3.05, 3.63) is 29.3 Å². The van der Waals surface area contributed by atoms with Crippen molar-refractivity contribution in [3.8, 4) is 0 Å². The molecule has 0 spiro atoms. The van der Waals surface area contributed by atoms with Crippen LogP contribution in [0.5, 0.6) is 0 Å². The molecule has 2 unspecified atom stereocenters. The van der Waals surface area contributed by atoms with Crippen molar-refractivity contribution < 1.29 is 19.4 Å². The van der Waals surface area contributed by atoms with Gasteiger partial charge in [0.15, 0.2) is 6.10 Å². The quantitative estimate of drug-likeness (QED) is 0.723. The Balaban J connectivity index is 1.46. The van der Waals surface area contributed by atoms with E-state index in [0.717, 1.165) is 48.9 Å². The molecule has 0 aromatic heterocycles. The Hall–Kier alpha value is -1.88. The number of aryl methyl sites for hydroxylation is 1. The number of aliphatic hydroxyl groups is 1. The lowest BCUT2D eigenvalue weighted by atomic mass is 9.48. The van der Waals surface area contributed by atoms with E-state index >= 15 is 0 Å². The predicted molar refractivity (Wildman–Crippen MR) is 112 cm³/mol. The van der Waals surface area contributed by atoms with E-state index in [-0.39, 0.29) is 17.8 Å². The van der Waals surface area contributed by atoms with Gasteiger partial charge in [-0.15, -0.1) is 0 Å². The monoisotopic (exact) mass is 399 g/mol. The number of hydrogen-bond acceptors (Lipinski definition) is 4. The molecule has 1 amide bonds. The molecule has 158 valence electrons. The smallest absolute Gasteiger partial charge is 0.312 e. The number of amides is 1. The molecular formula is C24H33NO4. The third-order valence-corrected chi connectivity index (χ3v) is 7.29. The normalized spacial score (nSPS) is 33.6. The van der Waals surface area contributed by atoms with Gasteiger partial charge in [-0.2, -0.15) is 0 Å². The Morgan fingerprint density at radius 3 is 2.38 bits per heavy atom. The molecule has 2 N–H and O–H groups in total. The highest BCUT2D eigenvalue weighted by molar-refractivity contribution is 5.96. The van der Waals surface area contributed by atoms with Crippen molar-refractivity contribution >= 4 is 17.6 Å². The van der Waals surface area contributed by atoms with Gasteiger partial charge in [-0.05, 0) is 81.3 Å². The van der Waals surface area contributed by atoms with Crippen LogP contribution in [0.4, 0.5) is 5.69 Å². The van der Waals surface area contributed by atoms with E-state index < -0.39 is 17.1 Å². The van der Waals surface area contributed by atoms with E-state index in [2.05, 4.69) is 19.2 Å². The first kappa shape index (κ1) is 20.4. The number of anilines is 1. The molecule has 5 atom stereocenters. The second kappa shape index (κ2) is 7.12. The molecule has 5 nitrogen and oxygen atoms in total. The third kappa shape index (κ3) is 3.70. The zero-order chi connectivity index (χ0) is 21.0. The number of nitrogens with one attached hydrogen (secondary N) is 1. The summed E-state index contributed by atoms with van der Waals surface area (Å²) in [5.41, 5.74) is 1.53. The lowest BCUT2D eigenvalue weighted by molar-refractivity contribution is -0.199. The molecule has 5 heteroatoms. The van der Waals surface area contributed by atoms with Crippen LogP contribution in [0.15, 0.2) is 18.2 Å². The van der Waals surface area contributed by atoms with Gasteiger partial charge in [-0.3, -0.25) is 9.59 Å². The number of benzene rings is 1. The van der Waals surface area contributed by atoms with Crippen molar-refractivity contribution in [2.24, 2.45) is 17.3 Å². The molecule has 0 saturated heterocycles. The molecule has 4 aliphatic rings. The molecule has 0 aliphatic heterocycles. The fraction of sp³-hybridized carbons (Fsp3) is 0.667. The summed E-state index contributed by atoms with van der Waals surface area (Å²) in [5, 5.41) is 13.9. The van der Waals surface area contributed by atoms with Crippen molar-refractivity contribution in [2.75, 3.05) is 5.32 Å². The minimum absolute atomic E-state index is 0.274. The third-order valence-electron chi connectivity index (χ3n) is 7.29. The van der Waals surface area contributed by atoms with Crippen LogP contribution in [-0.2, 0) is 14.3 Å². The Kier molecular flexibility index (Phi) is 5.01. The summed E-state index contributed by atoms with van der Waals surface area (Å²) in [6.45, 7) is 7.78. The number of ether oxygens (including phenoxy) is 1. The molecule has 0 radical (unpaired) electrons. The number of para-hydroxylation sites is 1. The molecule has 1 aromatic carbocycles. The molecule has 5 rings (SSSR count). The molecule has 29 heavy (non-hydrogen) atoms. The fourth-order valence-corrected chi connectivity index (χ4v) is 6.36. The minimum Gasteiger partial charge on any atom is -0.452 e. The highest BCUT2D eigenvalue weighted by Gasteiger charge is 2.61. The maximum atomic E-state index is 13.1. The van der Waals surface area contributed by atoms with E-state index in [0.29, 0.717) is 18.3 Å². The first-order valence-corrected chi connectivity index (χ1v) is 10.9. The van der Waals surface area contributed by atoms with E-state index in [4.69, 9.17) is 4.74 Å². The van der Waals surface area contributed by atoms with Gasteiger partial charge in [0.25, 0.3) is 5.91 Å². The van der Waals surface area contributed by atoms with Crippen molar-refractivity contribution in [3.63, 3.8) is 0 Å². The van der Waals surface area contributed by atoms with Crippen molar-refractivity contribution in [2.45, 2.75) is 83.8 Å². The molecule has 4 bridgehead atoms. The van der Waals surface area contributed by atoms with Gasteiger partial charge in [-0.25, -0.2) is 0 Å². The first-order chi connectivity index (χ1) is 13.6. The summed E-state index contributed by atoms with van der Waals surface area (Å²) in [7, 11) is 0.